The van der Waals surface area contributed by atoms with Crippen molar-refractivity contribution in [1.82, 2.24) is 8.75 Å². The van der Waals surface area contributed by atoms with Gasteiger partial charge in [0, 0.05) is 20.8 Å². The van der Waals surface area contributed by atoms with Gasteiger partial charge in [0.05, 0.1) is 11.7 Å². The Bertz CT molecular complexity index is 1190. The Labute approximate surface area is 144 Å². The van der Waals surface area contributed by atoms with E-state index in [-0.39, 0.29) is 0 Å². The highest BCUT2D eigenvalue weighted by Gasteiger charge is 2.13. The smallest absolute Gasteiger partial charge is 0.136 e. The summed E-state index contributed by atoms with van der Waals surface area (Å²) in [5.74, 6) is 0. The molecule has 5 heteroatoms. The molecule has 5 rings (SSSR count). The molecule has 0 aliphatic heterocycles. The van der Waals surface area contributed by atoms with Gasteiger partial charge in [-0.05, 0) is 45.8 Å². The second-order valence-electron chi connectivity index (χ2n) is 5.37. The van der Waals surface area contributed by atoms with E-state index in [2.05, 4.69) is 55.0 Å². The van der Waals surface area contributed by atoms with Crippen LogP contribution in [0.3, 0.4) is 0 Å². The first-order valence-corrected chi connectivity index (χ1v) is 8.66. The second-order valence-corrected chi connectivity index (χ2v) is 6.75. The maximum Gasteiger partial charge on any atom is 0.136 e. The minimum absolute atomic E-state index is 0.892. The molecule has 23 heavy (non-hydrogen) atoms. The van der Waals surface area contributed by atoms with E-state index in [9.17, 15) is 0 Å². The molecule has 0 aliphatic carbocycles. The number of hydrogen-bond donors (Lipinski definition) is 0. The number of para-hydroxylation sites is 1. The predicted molar refractivity (Wildman–Crippen MR) is 97.8 cm³/mol. The summed E-state index contributed by atoms with van der Waals surface area (Å²) < 4.78 is 15.8. The molecule has 2 aromatic heterocycles. The maximum atomic E-state index is 5.99. The van der Waals surface area contributed by atoms with Crippen molar-refractivity contribution < 1.29 is 4.42 Å². The number of fused-ring (bicyclic) bond motifs is 4. The van der Waals surface area contributed by atoms with Gasteiger partial charge >= 0.3 is 0 Å². The highest BCUT2D eigenvalue weighted by atomic mass is 79.9. The Kier molecular flexibility index (Phi) is 2.80. The summed E-state index contributed by atoms with van der Waals surface area (Å²) in [5.41, 5.74) is 5.77. The SMILES string of the molecule is Brc1ccc(-c2ccc3c(c2)oc2ccccc23)c2nsnc12. The molecule has 3 nitrogen and oxygen atoms in total. The van der Waals surface area contributed by atoms with Gasteiger partial charge in [0.1, 0.15) is 22.2 Å². The van der Waals surface area contributed by atoms with Crippen molar-refractivity contribution in [2.45, 2.75) is 0 Å². The first-order valence-electron chi connectivity index (χ1n) is 7.14. The van der Waals surface area contributed by atoms with E-state index in [4.69, 9.17) is 4.42 Å². The summed E-state index contributed by atoms with van der Waals surface area (Å²) >= 11 is 4.76. The lowest BCUT2D eigenvalue weighted by atomic mass is 10.0. The first-order chi connectivity index (χ1) is 11.3. The summed E-state index contributed by atoms with van der Waals surface area (Å²) in [6.45, 7) is 0. The minimum atomic E-state index is 0.892. The normalized spacial score (nSPS) is 11.7. The lowest BCUT2D eigenvalue weighted by Gasteiger charge is -2.03. The lowest BCUT2D eigenvalue weighted by Crippen LogP contribution is -1.82. The standard InChI is InChI=1S/C18H9BrN2OS/c19-14-8-7-11(17-18(14)21-23-20-17)10-5-6-13-12-3-1-2-4-15(12)22-16(13)9-10/h1-9H. The molecular weight excluding hydrogens is 372 g/mol. The average Bonchev–Trinajstić information content (AvgIpc) is 3.19. The summed E-state index contributed by atoms with van der Waals surface area (Å²) in [6, 6.07) is 18.5. The average molecular weight is 381 g/mol. The molecule has 110 valence electrons. The van der Waals surface area contributed by atoms with Crippen molar-refractivity contribution in [3.63, 3.8) is 0 Å². The van der Waals surface area contributed by atoms with Crippen LogP contribution in [0.4, 0.5) is 0 Å². The monoisotopic (exact) mass is 380 g/mol. The summed E-state index contributed by atoms with van der Waals surface area (Å²) in [4.78, 5) is 0. The lowest BCUT2D eigenvalue weighted by molar-refractivity contribution is 0.669. The Balaban J connectivity index is 1.81. The molecule has 0 N–H and O–H groups in total. The molecule has 5 aromatic rings. The van der Waals surface area contributed by atoms with E-state index >= 15 is 0 Å². The Morgan fingerprint density at radius 3 is 2.61 bits per heavy atom. The fourth-order valence-corrected chi connectivity index (χ4v) is 4.06. The molecule has 0 saturated carbocycles. The third-order valence-electron chi connectivity index (χ3n) is 4.06. The third-order valence-corrected chi connectivity index (χ3v) is 5.22. The van der Waals surface area contributed by atoms with Crippen LogP contribution in [0.1, 0.15) is 0 Å². The highest BCUT2D eigenvalue weighted by molar-refractivity contribution is 9.10. The van der Waals surface area contributed by atoms with E-state index in [0.717, 1.165) is 48.6 Å². The summed E-state index contributed by atoms with van der Waals surface area (Å²) in [7, 11) is 0. The third kappa shape index (κ3) is 1.93. The molecule has 0 bridgehead atoms. The fourth-order valence-electron chi connectivity index (χ4n) is 2.96. The van der Waals surface area contributed by atoms with Crippen LogP contribution in [0.5, 0.6) is 0 Å². The number of halogens is 1. The van der Waals surface area contributed by atoms with Crippen LogP contribution in [0.25, 0.3) is 44.1 Å². The summed E-state index contributed by atoms with van der Waals surface area (Å²) in [6.07, 6.45) is 0. The molecule has 0 atom stereocenters. The first kappa shape index (κ1) is 13.2. The van der Waals surface area contributed by atoms with Crippen molar-refractivity contribution in [3.05, 3.63) is 59.1 Å². The Morgan fingerprint density at radius 2 is 1.65 bits per heavy atom. The largest absolute Gasteiger partial charge is 0.456 e. The predicted octanol–water partition coefficient (Wildman–Crippen LogP) is 6.02. The van der Waals surface area contributed by atoms with Crippen molar-refractivity contribution in [2.24, 2.45) is 0 Å². The molecule has 0 unspecified atom stereocenters. The van der Waals surface area contributed by atoms with Gasteiger partial charge in [0.15, 0.2) is 0 Å². The van der Waals surface area contributed by atoms with Gasteiger partial charge in [-0.2, -0.15) is 8.75 Å². The van der Waals surface area contributed by atoms with Gasteiger partial charge in [-0.15, -0.1) is 0 Å². The van der Waals surface area contributed by atoms with E-state index < -0.39 is 0 Å². The van der Waals surface area contributed by atoms with Crippen LogP contribution in [0.2, 0.25) is 0 Å². The molecule has 3 aromatic carbocycles. The Morgan fingerprint density at radius 1 is 0.826 bits per heavy atom. The van der Waals surface area contributed by atoms with Gasteiger partial charge in [-0.25, -0.2) is 0 Å². The zero-order chi connectivity index (χ0) is 15.4. The van der Waals surface area contributed by atoms with Gasteiger partial charge in [-0.1, -0.05) is 30.3 Å². The summed E-state index contributed by atoms with van der Waals surface area (Å²) in [5, 5.41) is 2.28. The van der Waals surface area contributed by atoms with Crippen molar-refractivity contribution >= 4 is 60.6 Å². The van der Waals surface area contributed by atoms with E-state index in [0.29, 0.717) is 0 Å². The number of furan rings is 1. The van der Waals surface area contributed by atoms with Crippen LogP contribution in [0, 0.1) is 0 Å². The molecule has 0 amide bonds. The quantitative estimate of drug-likeness (QED) is 0.356. The van der Waals surface area contributed by atoms with Gasteiger partial charge in [0.2, 0.25) is 0 Å². The molecular formula is C18H9BrN2OS. The van der Waals surface area contributed by atoms with Crippen LogP contribution < -0.4 is 0 Å². The van der Waals surface area contributed by atoms with Crippen molar-refractivity contribution in [1.29, 1.82) is 0 Å². The zero-order valence-electron chi connectivity index (χ0n) is 11.8. The Hall–Kier alpha value is -2.24. The van der Waals surface area contributed by atoms with E-state index in [1.807, 2.05) is 24.3 Å². The topological polar surface area (TPSA) is 38.9 Å². The van der Waals surface area contributed by atoms with Crippen LogP contribution >= 0.6 is 27.7 Å². The van der Waals surface area contributed by atoms with Crippen LogP contribution in [0.15, 0.2) is 63.5 Å². The maximum absolute atomic E-state index is 5.99. The van der Waals surface area contributed by atoms with Crippen molar-refractivity contribution in [2.75, 3.05) is 0 Å². The number of benzene rings is 3. The molecule has 0 spiro atoms. The molecule has 0 saturated heterocycles. The van der Waals surface area contributed by atoms with Gasteiger partial charge in [0.25, 0.3) is 0 Å². The van der Waals surface area contributed by atoms with Crippen LogP contribution in [-0.2, 0) is 0 Å². The molecule has 0 fully saturated rings. The van der Waals surface area contributed by atoms with Gasteiger partial charge in [-0.3, -0.25) is 0 Å². The number of nitrogens with zero attached hydrogens (tertiary/aromatic N) is 2. The number of rotatable bonds is 1. The van der Waals surface area contributed by atoms with Gasteiger partial charge < -0.3 is 4.42 Å². The van der Waals surface area contributed by atoms with Crippen molar-refractivity contribution in [3.8, 4) is 11.1 Å². The molecule has 0 aliphatic rings. The fraction of sp³-hybridized carbons (Fsp3) is 0. The molecule has 0 radical (unpaired) electrons. The van der Waals surface area contributed by atoms with E-state index in [1.165, 1.54) is 11.7 Å². The molecule has 2 heterocycles. The second kappa shape index (κ2) is 4.88. The zero-order valence-corrected chi connectivity index (χ0v) is 14.2. The number of aromatic nitrogens is 2. The minimum Gasteiger partial charge on any atom is -0.456 e. The number of hydrogen-bond acceptors (Lipinski definition) is 4. The van der Waals surface area contributed by atoms with E-state index in [1.54, 1.807) is 0 Å². The van der Waals surface area contributed by atoms with Crippen LogP contribution in [-0.4, -0.2) is 8.75 Å². The highest BCUT2D eigenvalue weighted by Crippen LogP contribution is 2.35.